The number of aromatic nitrogens is 2. The number of imidazole rings is 1. The third kappa shape index (κ3) is 8.71. The van der Waals surface area contributed by atoms with Gasteiger partial charge >= 0.3 is 5.97 Å². The molecule has 0 spiro atoms. The summed E-state index contributed by atoms with van der Waals surface area (Å²) in [5.74, 6) is -4.28. The van der Waals surface area contributed by atoms with Crippen LogP contribution in [0.3, 0.4) is 0 Å². The summed E-state index contributed by atoms with van der Waals surface area (Å²) in [5.41, 5.74) is 11.0. The van der Waals surface area contributed by atoms with Crippen LogP contribution in [-0.4, -0.2) is 69.3 Å². The SMILES string of the molecule is CCC(C)C(NC(=O)CN)C(=O)NC(CCC(N)=O)C(=O)NC(Cc1cnc[nH]1)C(=O)O. The highest BCUT2D eigenvalue weighted by Crippen LogP contribution is 2.10. The molecule has 13 nitrogen and oxygen atoms in total. The molecule has 0 aliphatic rings. The maximum Gasteiger partial charge on any atom is 0.326 e. The van der Waals surface area contributed by atoms with Gasteiger partial charge in [-0.1, -0.05) is 20.3 Å². The van der Waals surface area contributed by atoms with Crippen molar-refractivity contribution in [3.05, 3.63) is 18.2 Å². The molecule has 178 valence electrons. The number of aromatic amines is 1. The van der Waals surface area contributed by atoms with E-state index in [0.29, 0.717) is 12.1 Å². The number of rotatable bonds is 14. The smallest absolute Gasteiger partial charge is 0.326 e. The standard InChI is InChI=1S/C19H31N7O6/c1-3-10(2)16(26-15(28)7-20)18(30)24-12(4-5-14(21)27)17(29)25-13(19(31)32)6-11-8-22-9-23-11/h8-10,12-13,16H,3-7,20H2,1-2H3,(H2,21,27)(H,22,23)(H,24,30)(H,25,29)(H,26,28)(H,31,32). The number of carboxylic acid groups (broad SMARTS) is 1. The second-order valence-corrected chi connectivity index (χ2v) is 7.38. The van der Waals surface area contributed by atoms with Crippen LogP contribution in [0.2, 0.25) is 0 Å². The molecule has 0 aliphatic carbocycles. The Morgan fingerprint density at radius 3 is 2.28 bits per heavy atom. The number of nitrogens with one attached hydrogen (secondary N) is 4. The largest absolute Gasteiger partial charge is 0.480 e. The summed E-state index contributed by atoms with van der Waals surface area (Å²) >= 11 is 0. The molecule has 1 aromatic rings. The molecular formula is C19H31N7O6. The maximum absolute atomic E-state index is 12.8. The zero-order valence-corrected chi connectivity index (χ0v) is 18.1. The second-order valence-electron chi connectivity index (χ2n) is 7.38. The highest BCUT2D eigenvalue weighted by Gasteiger charge is 2.31. The number of hydrogen-bond donors (Lipinski definition) is 7. The highest BCUT2D eigenvalue weighted by atomic mass is 16.4. The van der Waals surface area contributed by atoms with Gasteiger partial charge in [-0.15, -0.1) is 0 Å². The van der Waals surface area contributed by atoms with E-state index in [2.05, 4.69) is 25.9 Å². The van der Waals surface area contributed by atoms with Crippen molar-refractivity contribution in [3.63, 3.8) is 0 Å². The fraction of sp³-hybridized carbons (Fsp3) is 0.579. The molecule has 4 atom stereocenters. The molecule has 9 N–H and O–H groups in total. The van der Waals surface area contributed by atoms with Crippen molar-refractivity contribution in [2.24, 2.45) is 17.4 Å². The number of carbonyl (C=O) groups excluding carboxylic acids is 4. The highest BCUT2D eigenvalue weighted by molar-refractivity contribution is 5.94. The zero-order chi connectivity index (χ0) is 24.3. The minimum absolute atomic E-state index is 0.0698. The molecule has 32 heavy (non-hydrogen) atoms. The molecule has 0 aromatic carbocycles. The van der Waals surface area contributed by atoms with Crippen LogP contribution in [-0.2, 0) is 30.4 Å². The van der Waals surface area contributed by atoms with Crippen molar-refractivity contribution in [2.45, 2.75) is 57.7 Å². The van der Waals surface area contributed by atoms with Crippen molar-refractivity contribution in [2.75, 3.05) is 6.54 Å². The molecule has 0 radical (unpaired) electrons. The van der Waals surface area contributed by atoms with Crippen LogP contribution in [0, 0.1) is 5.92 Å². The summed E-state index contributed by atoms with van der Waals surface area (Å²) in [5, 5.41) is 16.8. The first-order valence-electron chi connectivity index (χ1n) is 10.2. The minimum atomic E-state index is -1.31. The molecule has 4 unspecified atom stereocenters. The van der Waals surface area contributed by atoms with E-state index in [0.717, 1.165) is 0 Å². The Labute approximate surface area is 185 Å². The van der Waals surface area contributed by atoms with Gasteiger partial charge in [-0.05, 0) is 12.3 Å². The topological polar surface area (TPSA) is 222 Å². The number of aliphatic carboxylic acids is 1. The van der Waals surface area contributed by atoms with Gasteiger partial charge in [0.05, 0.1) is 12.9 Å². The number of nitrogens with zero attached hydrogens (tertiary/aromatic N) is 1. The van der Waals surface area contributed by atoms with E-state index in [1.54, 1.807) is 6.92 Å². The lowest BCUT2D eigenvalue weighted by atomic mass is 9.97. The molecule has 1 rings (SSSR count). The number of primary amides is 1. The van der Waals surface area contributed by atoms with Gasteiger partial charge in [0.15, 0.2) is 0 Å². The number of amides is 4. The number of hydrogen-bond acceptors (Lipinski definition) is 7. The summed E-state index contributed by atoms with van der Waals surface area (Å²) in [4.78, 5) is 66.7. The first-order chi connectivity index (χ1) is 15.1. The summed E-state index contributed by atoms with van der Waals surface area (Å²) in [6.45, 7) is 3.24. The molecule has 4 amide bonds. The number of nitrogens with two attached hydrogens (primary N) is 2. The molecule has 0 saturated carbocycles. The van der Waals surface area contributed by atoms with Gasteiger partial charge in [0.25, 0.3) is 0 Å². The van der Waals surface area contributed by atoms with Gasteiger partial charge in [-0.2, -0.15) is 0 Å². The van der Waals surface area contributed by atoms with Crippen LogP contribution in [0.15, 0.2) is 12.5 Å². The van der Waals surface area contributed by atoms with E-state index in [1.165, 1.54) is 12.5 Å². The third-order valence-electron chi connectivity index (χ3n) is 4.90. The number of H-pyrrole nitrogens is 1. The van der Waals surface area contributed by atoms with Crippen LogP contribution in [0.1, 0.15) is 38.8 Å². The fourth-order valence-electron chi connectivity index (χ4n) is 2.84. The van der Waals surface area contributed by atoms with E-state index in [4.69, 9.17) is 11.5 Å². The van der Waals surface area contributed by atoms with Crippen molar-refractivity contribution >= 4 is 29.6 Å². The molecule has 1 aromatic heterocycles. The third-order valence-corrected chi connectivity index (χ3v) is 4.90. The average molecular weight is 454 g/mol. The van der Waals surface area contributed by atoms with Crippen LogP contribution in [0.4, 0.5) is 0 Å². The molecule has 13 heteroatoms. The van der Waals surface area contributed by atoms with Gasteiger partial charge in [0.2, 0.25) is 23.6 Å². The van der Waals surface area contributed by atoms with E-state index in [9.17, 15) is 29.1 Å². The van der Waals surface area contributed by atoms with Crippen LogP contribution in [0.5, 0.6) is 0 Å². The first-order valence-corrected chi connectivity index (χ1v) is 10.2. The zero-order valence-electron chi connectivity index (χ0n) is 18.1. The quantitative estimate of drug-likeness (QED) is 0.163. The lowest BCUT2D eigenvalue weighted by Gasteiger charge is -2.27. The summed E-state index contributed by atoms with van der Waals surface area (Å²) < 4.78 is 0. The Morgan fingerprint density at radius 2 is 1.78 bits per heavy atom. The van der Waals surface area contributed by atoms with Crippen LogP contribution >= 0.6 is 0 Å². The minimum Gasteiger partial charge on any atom is -0.480 e. The number of carbonyl (C=O) groups is 5. The van der Waals surface area contributed by atoms with E-state index >= 15 is 0 Å². The van der Waals surface area contributed by atoms with Gasteiger partial charge in [0, 0.05) is 24.7 Å². The molecule has 1 heterocycles. The van der Waals surface area contributed by atoms with Gasteiger partial charge < -0.3 is 37.5 Å². The van der Waals surface area contributed by atoms with Crippen molar-refractivity contribution in [1.82, 2.24) is 25.9 Å². The summed E-state index contributed by atoms with van der Waals surface area (Å²) in [7, 11) is 0. The van der Waals surface area contributed by atoms with E-state index in [1.807, 2.05) is 6.92 Å². The van der Waals surface area contributed by atoms with E-state index < -0.39 is 47.7 Å². The Morgan fingerprint density at radius 1 is 1.12 bits per heavy atom. The number of carboxylic acids is 1. The predicted octanol–water partition coefficient (Wildman–Crippen LogP) is -2.24. The predicted molar refractivity (Wildman–Crippen MR) is 113 cm³/mol. The van der Waals surface area contributed by atoms with Crippen molar-refractivity contribution in [3.8, 4) is 0 Å². The van der Waals surface area contributed by atoms with Gasteiger partial charge in [0.1, 0.15) is 18.1 Å². The molecule has 0 aliphatic heterocycles. The lowest BCUT2D eigenvalue weighted by molar-refractivity contribution is -0.142. The Balaban J connectivity index is 2.99. The maximum atomic E-state index is 12.8. The monoisotopic (exact) mass is 453 g/mol. The Kier molecular flexibility index (Phi) is 10.8. The van der Waals surface area contributed by atoms with Gasteiger partial charge in [-0.25, -0.2) is 9.78 Å². The fourth-order valence-corrected chi connectivity index (χ4v) is 2.84. The second kappa shape index (κ2) is 13.0. The van der Waals surface area contributed by atoms with Gasteiger partial charge in [-0.3, -0.25) is 19.2 Å². The Bertz CT molecular complexity index is 798. The average Bonchev–Trinajstić information content (AvgIpc) is 3.26. The van der Waals surface area contributed by atoms with Crippen LogP contribution < -0.4 is 27.4 Å². The first kappa shape index (κ1) is 26.6. The summed E-state index contributed by atoms with van der Waals surface area (Å²) in [6, 6.07) is -3.53. The normalized spacial score (nSPS) is 14.5. The molecular weight excluding hydrogens is 422 g/mol. The van der Waals surface area contributed by atoms with Crippen LogP contribution in [0.25, 0.3) is 0 Å². The molecule has 0 saturated heterocycles. The lowest BCUT2D eigenvalue weighted by Crippen LogP contribution is -2.58. The van der Waals surface area contributed by atoms with E-state index in [-0.39, 0.29) is 31.7 Å². The molecule has 0 bridgehead atoms. The summed E-state index contributed by atoms with van der Waals surface area (Å²) in [6.07, 6.45) is 2.90. The Hall–Kier alpha value is -3.48. The van der Waals surface area contributed by atoms with Crippen molar-refractivity contribution in [1.29, 1.82) is 0 Å². The molecule has 0 fully saturated rings. The van der Waals surface area contributed by atoms with Crippen molar-refractivity contribution < 1.29 is 29.1 Å².